The smallest absolute Gasteiger partial charge is 0.303 e. The highest BCUT2D eigenvalue weighted by atomic mass is 16.7. The van der Waals surface area contributed by atoms with Crippen molar-refractivity contribution >= 4 is 17.9 Å². The minimum Gasteiger partial charge on any atom is -0.463 e. The van der Waals surface area contributed by atoms with E-state index in [9.17, 15) is 14.4 Å². The molecule has 0 amide bonds. The van der Waals surface area contributed by atoms with Gasteiger partial charge in [0.15, 0.2) is 18.5 Å². The number of hydrogen-bond donors (Lipinski definition) is 0. The van der Waals surface area contributed by atoms with E-state index in [0.717, 1.165) is 0 Å². The monoisotopic (exact) mass is 334 g/mol. The van der Waals surface area contributed by atoms with Crippen molar-refractivity contribution in [1.29, 1.82) is 0 Å². The number of carbonyl (C=O) groups is 3. The maximum Gasteiger partial charge on any atom is 0.303 e. The molecule has 0 saturated carbocycles. The third kappa shape index (κ3) is 5.45. The Morgan fingerprint density at radius 2 is 1.39 bits per heavy atom. The molecule has 0 spiro atoms. The molecule has 0 bridgehead atoms. The Labute approximate surface area is 134 Å². The molecule has 0 unspecified atom stereocenters. The van der Waals surface area contributed by atoms with Gasteiger partial charge in [-0.1, -0.05) is 0 Å². The van der Waals surface area contributed by atoms with Gasteiger partial charge in [0.2, 0.25) is 0 Å². The Hall–Kier alpha value is -1.71. The minimum absolute atomic E-state index is 0.193. The molecule has 5 atom stereocenters. The zero-order chi connectivity index (χ0) is 17.6. The average Bonchev–Trinajstić information content (AvgIpc) is 2.45. The van der Waals surface area contributed by atoms with Gasteiger partial charge >= 0.3 is 17.9 Å². The van der Waals surface area contributed by atoms with Gasteiger partial charge in [0.1, 0.15) is 18.8 Å². The maximum absolute atomic E-state index is 11.4. The van der Waals surface area contributed by atoms with Crippen molar-refractivity contribution in [2.24, 2.45) is 0 Å². The summed E-state index contributed by atoms with van der Waals surface area (Å²) in [5.41, 5.74) is 0. The van der Waals surface area contributed by atoms with Crippen molar-refractivity contribution in [2.45, 2.75) is 51.5 Å². The topological polar surface area (TPSA) is 107 Å². The summed E-state index contributed by atoms with van der Waals surface area (Å²) in [5.74, 6) is -1.71. The van der Waals surface area contributed by atoms with Crippen LogP contribution in [0, 0.1) is 0 Å². The van der Waals surface area contributed by atoms with E-state index in [0.29, 0.717) is 0 Å². The van der Waals surface area contributed by atoms with Crippen LogP contribution in [0.1, 0.15) is 20.8 Å². The van der Waals surface area contributed by atoms with Crippen LogP contribution in [0.25, 0.3) is 0 Å². The normalized spacial score (nSPS) is 30.4. The largest absolute Gasteiger partial charge is 0.463 e. The van der Waals surface area contributed by atoms with Gasteiger partial charge in [-0.15, -0.1) is 0 Å². The van der Waals surface area contributed by atoms with Gasteiger partial charge in [-0.25, -0.2) is 0 Å². The Balaban J connectivity index is 3.08. The number of hydrogen-bond acceptors (Lipinski definition) is 9. The summed E-state index contributed by atoms with van der Waals surface area (Å²) in [6, 6.07) is 0. The Morgan fingerprint density at radius 3 is 1.83 bits per heavy atom. The molecule has 1 saturated heterocycles. The lowest BCUT2D eigenvalue weighted by Gasteiger charge is -2.43. The predicted octanol–water partition coefficient (Wildman–Crippen LogP) is -0.201. The summed E-state index contributed by atoms with van der Waals surface area (Å²) in [6.45, 7) is 3.47. The van der Waals surface area contributed by atoms with Crippen LogP contribution in [0.2, 0.25) is 0 Å². The van der Waals surface area contributed by atoms with Crippen LogP contribution < -0.4 is 0 Å². The fraction of sp³-hybridized carbons (Fsp3) is 0.786. The number of rotatable bonds is 6. The van der Waals surface area contributed by atoms with Crippen LogP contribution in [0.5, 0.6) is 0 Å². The molecule has 1 fully saturated rings. The van der Waals surface area contributed by atoms with Gasteiger partial charge in [0.25, 0.3) is 0 Å². The molecular formula is C14H22O9. The van der Waals surface area contributed by atoms with Crippen LogP contribution in [0.4, 0.5) is 0 Å². The van der Waals surface area contributed by atoms with E-state index in [1.54, 1.807) is 0 Å². The third-order valence-electron chi connectivity index (χ3n) is 3.15. The predicted molar refractivity (Wildman–Crippen MR) is 74.2 cm³/mol. The number of carbonyl (C=O) groups excluding carboxylic acids is 3. The molecule has 0 radical (unpaired) electrons. The van der Waals surface area contributed by atoms with E-state index in [1.807, 2.05) is 0 Å². The SMILES string of the molecule is CO[C@@H]1O[C@H](COC(C)=O)[C@@H](OC(C)=O)[C@H](OC(C)=O)[C@H]1OC. The molecule has 1 aliphatic rings. The summed E-state index contributed by atoms with van der Waals surface area (Å²) >= 11 is 0. The second kappa shape index (κ2) is 8.80. The molecule has 23 heavy (non-hydrogen) atoms. The standard InChI is InChI=1S/C14H22O9/c1-7(15)20-6-10-11(21-8(2)16)12(22-9(3)17)13(18-4)14(19-5)23-10/h10-14H,6H2,1-5H3/t10-,11-,12+,13-,14-/m1/s1. The molecular weight excluding hydrogens is 312 g/mol. The van der Waals surface area contributed by atoms with Crippen LogP contribution in [-0.2, 0) is 42.8 Å². The molecule has 0 aliphatic carbocycles. The number of ether oxygens (including phenoxy) is 6. The molecule has 9 heteroatoms. The highest BCUT2D eigenvalue weighted by Gasteiger charge is 2.50. The van der Waals surface area contributed by atoms with Crippen LogP contribution in [0.15, 0.2) is 0 Å². The summed E-state index contributed by atoms with van der Waals surface area (Å²) in [4.78, 5) is 33.8. The summed E-state index contributed by atoms with van der Waals surface area (Å²) in [5, 5.41) is 0. The van der Waals surface area contributed by atoms with Crippen molar-refractivity contribution < 1.29 is 42.8 Å². The molecule has 0 aromatic heterocycles. The van der Waals surface area contributed by atoms with Gasteiger partial charge < -0.3 is 28.4 Å². The second-order valence-electron chi connectivity index (χ2n) is 4.93. The summed E-state index contributed by atoms with van der Waals surface area (Å²) < 4.78 is 31.4. The zero-order valence-electron chi connectivity index (χ0n) is 13.8. The lowest BCUT2D eigenvalue weighted by Crippen LogP contribution is -2.62. The van der Waals surface area contributed by atoms with Crippen molar-refractivity contribution in [2.75, 3.05) is 20.8 Å². The van der Waals surface area contributed by atoms with Crippen molar-refractivity contribution in [1.82, 2.24) is 0 Å². The van der Waals surface area contributed by atoms with Crippen LogP contribution >= 0.6 is 0 Å². The second-order valence-corrected chi connectivity index (χ2v) is 4.93. The van der Waals surface area contributed by atoms with Crippen molar-refractivity contribution in [3.8, 4) is 0 Å². The Kier molecular flexibility index (Phi) is 7.40. The highest BCUT2D eigenvalue weighted by Crippen LogP contribution is 2.28. The molecule has 1 aliphatic heterocycles. The third-order valence-corrected chi connectivity index (χ3v) is 3.15. The maximum atomic E-state index is 11.4. The summed E-state index contributed by atoms with van der Waals surface area (Å²) in [6.07, 6.45) is -4.56. The van der Waals surface area contributed by atoms with Gasteiger partial charge in [0.05, 0.1) is 0 Å². The average molecular weight is 334 g/mol. The molecule has 0 aromatic carbocycles. The van der Waals surface area contributed by atoms with Gasteiger partial charge in [-0.3, -0.25) is 14.4 Å². The first kappa shape index (κ1) is 19.3. The zero-order valence-corrected chi connectivity index (χ0v) is 13.8. The van der Waals surface area contributed by atoms with E-state index in [4.69, 9.17) is 28.4 Å². The van der Waals surface area contributed by atoms with Gasteiger partial charge in [-0.05, 0) is 0 Å². The van der Waals surface area contributed by atoms with Crippen molar-refractivity contribution in [3.05, 3.63) is 0 Å². The molecule has 0 aromatic rings. The van der Waals surface area contributed by atoms with Crippen molar-refractivity contribution in [3.63, 3.8) is 0 Å². The van der Waals surface area contributed by atoms with Gasteiger partial charge in [0, 0.05) is 35.0 Å². The quantitative estimate of drug-likeness (QED) is 0.482. The number of methoxy groups -OCH3 is 2. The molecule has 0 N–H and O–H groups in total. The minimum atomic E-state index is -1.01. The first-order chi connectivity index (χ1) is 10.8. The summed E-state index contributed by atoms with van der Waals surface area (Å²) in [7, 11) is 2.77. The first-order valence-corrected chi connectivity index (χ1v) is 6.99. The first-order valence-electron chi connectivity index (χ1n) is 6.99. The van der Waals surface area contributed by atoms with E-state index in [-0.39, 0.29) is 6.61 Å². The van der Waals surface area contributed by atoms with Crippen LogP contribution in [-0.4, -0.2) is 69.4 Å². The lowest BCUT2D eigenvalue weighted by atomic mass is 9.98. The fourth-order valence-corrected chi connectivity index (χ4v) is 2.31. The number of esters is 3. The Bertz CT molecular complexity index is 436. The fourth-order valence-electron chi connectivity index (χ4n) is 2.31. The lowest BCUT2D eigenvalue weighted by molar-refractivity contribution is -0.304. The molecule has 1 heterocycles. The highest BCUT2D eigenvalue weighted by molar-refractivity contribution is 5.67. The molecule has 1 rings (SSSR count). The Morgan fingerprint density at radius 1 is 0.826 bits per heavy atom. The van der Waals surface area contributed by atoms with E-state index >= 15 is 0 Å². The molecule has 9 nitrogen and oxygen atoms in total. The van der Waals surface area contributed by atoms with E-state index in [2.05, 4.69) is 0 Å². The van der Waals surface area contributed by atoms with Crippen LogP contribution in [0.3, 0.4) is 0 Å². The van der Waals surface area contributed by atoms with E-state index in [1.165, 1.54) is 35.0 Å². The molecule has 132 valence electrons. The van der Waals surface area contributed by atoms with Gasteiger partial charge in [-0.2, -0.15) is 0 Å². The van der Waals surface area contributed by atoms with E-state index < -0.39 is 48.6 Å².